The van der Waals surface area contributed by atoms with E-state index >= 15 is 0 Å². The maximum atomic E-state index is 9.93. The summed E-state index contributed by atoms with van der Waals surface area (Å²) in [6, 6.07) is 0. The molecule has 0 bridgehead atoms. The Hall–Kier alpha value is -0.730. The highest BCUT2D eigenvalue weighted by Crippen LogP contribution is 2.01. The van der Waals surface area contributed by atoms with Crippen molar-refractivity contribution in [1.29, 1.82) is 0 Å². The van der Waals surface area contributed by atoms with Gasteiger partial charge in [-0.15, -0.1) is 0 Å². The summed E-state index contributed by atoms with van der Waals surface area (Å²) in [5, 5.41) is 10.5. The zero-order chi connectivity index (χ0) is 7.98. The molecule has 0 radical (unpaired) electrons. The van der Waals surface area contributed by atoms with Gasteiger partial charge in [0.05, 0.1) is 0 Å². The average Bonchev–Trinajstić information content (AvgIpc) is 1.79. The summed E-state index contributed by atoms with van der Waals surface area (Å²) in [6.45, 7) is 4.83. The summed E-state index contributed by atoms with van der Waals surface area (Å²) >= 11 is 0. The largest absolute Gasteiger partial charge is 0.465 e. The predicted molar refractivity (Wildman–Crippen MR) is 40.1 cm³/mol. The van der Waals surface area contributed by atoms with Crippen LogP contribution in [0.2, 0.25) is 0 Å². The zero-order valence-corrected chi connectivity index (χ0v) is 6.55. The Kier molecular flexibility index (Phi) is 4.72. The molecule has 0 aromatic carbocycles. The molecular weight excluding hydrogens is 130 g/mol. The van der Waals surface area contributed by atoms with Gasteiger partial charge in [-0.1, -0.05) is 13.8 Å². The number of rotatable bonds is 4. The first kappa shape index (κ1) is 9.27. The van der Waals surface area contributed by atoms with E-state index in [-0.39, 0.29) is 0 Å². The number of hydrogen-bond donors (Lipinski definition) is 2. The molecule has 10 heavy (non-hydrogen) atoms. The van der Waals surface area contributed by atoms with Crippen LogP contribution in [0.5, 0.6) is 0 Å². The molecule has 0 saturated carbocycles. The summed E-state index contributed by atoms with van der Waals surface area (Å²) in [5.41, 5.74) is 0. The third kappa shape index (κ3) is 7.27. The summed E-state index contributed by atoms with van der Waals surface area (Å²) in [4.78, 5) is 9.93. The summed E-state index contributed by atoms with van der Waals surface area (Å²) < 4.78 is 0. The summed E-state index contributed by atoms with van der Waals surface area (Å²) in [6.07, 6.45) is 1.09. The molecule has 0 rings (SSSR count). The molecule has 0 aromatic heterocycles. The van der Waals surface area contributed by atoms with Gasteiger partial charge in [0.15, 0.2) is 0 Å². The minimum absolute atomic E-state index is 0.577. The number of amides is 1. The van der Waals surface area contributed by atoms with Crippen molar-refractivity contribution in [2.45, 2.75) is 26.7 Å². The molecule has 60 valence electrons. The van der Waals surface area contributed by atoms with E-state index < -0.39 is 6.09 Å². The van der Waals surface area contributed by atoms with E-state index in [0.717, 1.165) is 12.8 Å². The third-order valence-electron chi connectivity index (χ3n) is 1.23. The fourth-order valence-electron chi connectivity index (χ4n) is 0.706. The second kappa shape index (κ2) is 5.09. The standard InChI is InChI=1S/C7H15NO2/c1-6(2)4-3-5-8-7(9)10/h6,8H,3-5H2,1-2H3,(H,9,10). The average molecular weight is 145 g/mol. The number of hydrogen-bond acceptors (Lipinski definition) is 1. The van der Waals surface area contributed by atoms with Crippen LogP contribution < -0.4 is 5.32 Å². The fraction of sp³-hybridized carbons (Fsp3) is 0.857. The number of carboxylic acid groups (broad SMARTS) is 1. The normalized spacial score (nSPS) is 9.90. The maximum absolute atomic E-state index is 9.93. The molecule has 0 spiro atoms. The van der Waals surface area contributed by atoms with Crippen molar-refractivity contribution in [2.75, 3.05) is 6.54 Å². The van der Waals surface area contributed by atoms with Crippen LogP contribution in [0.1, 0.15) is 26.7 Å². The number of carbonyl (C=O) groups is 1. The summed E-state index contributed by atoms with van der Waals surface area (Å²) in [5.74, 6) is 0.663. The van der Waals surface area contributed by atoms with Gasteiger partial charge in [0.1, 0.15) is 0 Å². The van der Waals surface area contributed by atoms with Crippen LogP contribution in [0.15, 0.2) is 0 Å². The minimum Gasteiger partial charge on any atom is -0.465 e. The summed E-state index contributed by atoms with van der Waals surface area (Å²) in [7, 11) is 0. The third-order valence-corrected chi connectivity index (χ3v) is 1.23. The van der Waals surface area contributed by atoms with Crippen LogP contribution in [-0.4, -0.2) is 17.7 Å². The van der Waals surface area contributed by atoms with Crippen molar-refractivity contribution in [3.05, 3.63) is 0 Å². The van der Waals surface area contributed by atoms with Crippen molar-refractivity contribution < 1.29 is 9.90 Å². The molecule has 0 aromatic rings. The van der Waals surface area contributed by atoms with Gasteiger partial charge in [-0.25, -0.2) is 4.79 Å². The van der Waals surface area contributed by atoms with E-state index in [0.29, 0.717) is 12.5 Å². The molecule has 2 N–H and O–H groups in total. The lowest BCUT2D eigenvalue weighted by Crippen LogP contribution is -2.21. The van der Waals surface area contributed by atoms with Gasteiger partial charge < -0.3 is 10.4 Å². The van der Waals surface area contributed by atoms with Gasteiger partial charge in [-0.3, -0.25) is 0 Å². The lowest BCUT2D eigenvalue weighted by Gasteiger charge is -2.02. The van der Waals surface area contributed by atoms with Crippen molar-refractivity contribution in [1.82, 2.24) is 5.32 Å². The Morgan fingerprint density at radius 2 is 2.20 bits per heavy atom. The Morgan fingerprint density at radius 3 is 2.60 bits per heavy atom. The van der Waals surface area contributed by atoms with Gasteiger partial charge in [0.2, 0.25) is 0 Å². The lowest BCUT2D eigenvalue weighted by molar-refractivity contribution is 0.194. The molecule has 0 aliphatic heterocycles. The maximum Gasteiger partial charge on any atom is 0.404 e. The fourth-order valence-corrected chi connectivity index (χ4v) is 0.706. The highest BCUT2D eigenvalue weighted by molar-refractivity contribution is 5.64. The zero-order valence-electron chi connectivity index (χ0n) is 6.55. The van der Waals surface area contributed by atoms with Crippen LogP contribution in [0.3, 0.4) is 0 Å². The molecule has 1 amide bonds. The molecule has 0 heterocycles. The van der Waals surface area contributed by atoms with Crippen LogP contribution in [-0.2, 0) is 0 Å². The van der Waals surface area contributed by atoms with Gasteiger partial charge >= 0.3 is 6.09 Å². The minimum atomic E-state index is -0.927. The monoisotopic (exact) mass is 145 g/mol. The van der Waals surface area contributed by atoms with E-state index in [1.165, 1.54) is 0 Å². The molecule has 0 atom stereocenters. The van der Waals surface area contributed by atoms with Crippen LogP contribution in [0.4, 0.5) is 4.79 Å². The second-order valence-electron chi connectivity index (χ2n) is 2.77. The van der Waals surface area contributed by atoms with Crippen LogP contribution in [0, 0.1) is 5.92 Å². The molecule has 0 aliphatic carbocycles. The Labute approximate surface area is 61.4 Å². The SMILES string of the molecule is CC(C)CCCNC(=O)O. The van der Waals surface area contributed by atoms with E-state index in [1.54, 1.807) is 0 Å². The van der Waals surface area contributed by atoms with Gasteiger partial charge in [0, 0.05) is 6.54 Å². The molecule has 0 fully saturated rings. The van der Waals surface area contributed by atoms with E-state index in [1.807, 2.05) is 0 Å². The van der Waals surface area contributed by atoms with Crippen molar-refractivity contribution in [3.8, 4) is 0 Å². The first-order chi connectivity index (χ1) is 4.63. The molecule has 0 unspecified atom stereocenters. The molecule has 0 saturated heterocycles. The highest BCUT2D eigenvalue weighted by atomic mass is 16.4. The Balaban J connectivity index is 2.98. The van der Waals surface area contributed by atoms with Gasteiger partial charge in [-0.05, 0) is 18.8 Å². The second-order valence-corrected chi connectivity index (χ2v) is 2.77. The van der Waals surface area contributed by atoms with E-state index in [9.17, 15) is 4.79 Å². The highest BCUT2D eigenvalue weighted by Gasteiger charge is 1.95. The van der Waals surface area contributed by atoms with Crippen LogP contribution in [0.25, 0.3) is 0 Å². The Morgan fingerprint density at radius 1 is 1.60 bits per heavy atom. The molecule has 3 nitrogen and oxygen atoms in total. The van der Waals surface area contributed by atoms with Gasteiger partial charge in [-0.2, -0.15) is 0 Å². The molecular formula is C7H15NO2. The molecule has 0 aliphatic rings. The van der Waals surface area contributed by atoms with Crippen molar-refractivity contribution in [3.63, 3.8) is 0 Å². The van der Waals surface area contributed by atoms with Crippen LogP contribution >= 0.6 is 0 Å². The lowest BCUT2D eigenvalue weighted by atomic mass is 10.1. The molecule has 3 heteroatoms. The first-order valence-electron chi connectivity index (χ1n) is 3.59. The first-order valence-corrected chi connectivity index (χ1v) is 3.59. The smallest absolute Gasteiger partial charge is 0.404 e. The van der Waals surface area contributed by atoms with E-state index in [2.05, 4.69) is 19.2 Å². The number of nitrogens with one attached hydrogen (secondary N) is 1. The topological polar surface area (TPSA) is 49.3 Å². The predicted octanol–water partition coefficient (Wildman–Crippen LogP) is 1.69. The Bertz CT molecular complexity index is 102. The quantitative estimate of drug-likeness (QED) is 0.591. The van der Waals surface area contributed by atoms with Crippen molar-refractivity contribution >= 4 is 6.09 Å². The van der Waals surface area contributed by atoms with E-state index in [4.69, 9.17) is 5.11 Å². The van der Waals surface area contributed by atoms with Crippen molar-refractivity contribution in [2.24, 2.45) is 5.92 Å². The van der Waals surface area contributed by atoms with Gasteiger partial charge in [0.25, 0.3) is 0 Å².